The molecule has 1 aliphatic rings. The van der Waals surface area contributed by atoms with Gasteiger partial charge in [0.25, 0.3) is 0 Å². The van der Waals surface area contributed by atoms with E-state index in [1.807, 2.05) is 25.2 Å². The van der Waals surface area contributed by atoms with E-state index in [1.165, 1.54) is 34.5 Å². The molecule has 0 spiro atoms. The summed E-state index contributed by atoms with van der Waals surface area (Å²) in [5, 5.41) is 11.5. The lowest BCUT2D eigenvalue weighted by molar-refractivity contribution is 0.176. The Hall–Kier alpha value is -2.38. The van der Waals surface area contributed by atoms with Crippen LogP contribution >= 0.6 is 11.3 Å². The van der Waals surface area contributed by atoms with Crippen LogP contribution in [-0.2, 0) is 19.5 Å². The minimum Gasteiger partial charge on any atom is -0.459 e. The molecule has 7 heteroatoms. The Kier molecular flexibility index (Phi) is 7.25. The van der Waals surface area contributed by atoms with Gasteiger partial charge in [-0.05, 0) is 51.3 Å². The fraction of sp³-hybridized carbons (Fsp3) is 0.500. The highest BCUT2D eigenvalue weighted by Crippen LogP contribution is 2.24. The quantitative estimate of drug-likeness (QED) is 0.424. The zero-order valence-electron chi connectivity index (χ0n) is 18.8. The summed E-state index contributed by atoms with van der Waals surface area (Å²) in [5.41, 5.74) is 3.36. The van der Waals surface area contributed by atoms with E-state index in [2.05, 4.69) is 45.8 Å². The predicted octanol–water partition coefficient (Wildman–Crippen LogP) is 4.34. The molecule has 0 unspecified atom stereocenters. The number of aliphatic imine (C=N–C) groups is 1. The summed E-state index contributed by atoms with van der Waals surface area (Å²) >= 11 is 1.78. The molecule has 1 aromatic carbocycles. The van der Waals surface area contributed by atoms with Crippen LogP contribution in [0.5, 0.6) is 0 Å². The van der Waals surface area contributed by atoms with Crippen LogP contribution in [-0.4, -0.2) is 42.5 Å². The average Bonchev–Trinajstić information content (AvgIpc) is 3.39. The third-order valence-electron chi connectivity index (χ3n) is 6.14. The van der Waals surface area contributed by atoms with Crippen LogP contribution < -0.4 is 10.6 Å². The SMILES string of the molecule is CCc1nc(CN2CCC(CNC(=NC)NCc3oc4ccccc4c3C)CC2)cs1. The van der Waals surface area contributed by atoms with E-state index in [0.717, 1.165) is 49.9 Å². The molecule has 1 saturated heterocycles. The van der Waals surface area contributed by atoms with E-state index in [0.29, 0.717) is 12.5 Å². The summed E-state index contributed by atoms with van der Waals surface area (Å²) in [4.78, 5) is 11.6. The molecule has 3 heterocycles. The van der Waals surface area contributed by atoms with Gasteiger partial charge in [-0.2, -0.15) is 0 Å². The van der Waals surface area contributed by atoms with Gasteiger partial charge in [0.2, 0.25) is 0 Å². The Morgan fingerprint density at radius 1 is 1.26 bits per heavy atom. The molecule has 1 fully saturated rings. The maximum atomic E-state index is 6.00. The van der Waals surface area contributed by atoms with Crippen molar-refractivity contribution < 1.29 is 4.42 Å². The van der Waals surface area contributed by atoms with Crippen LogP contribution in [0, 0.1) is 12.8 Å². The lowest BCUT2D eigenvalue weighted by atomic mass is 9.97. The lowest BCUT2D eigenvalue weighted by Crippen LogP contribution is -2.42. The van der Waals surface area contributed by atoms with Crippen LogP contribution in [0.1, 0.15) is 41.8 Å². The predicted molar refractivity (Wildman–Crippen MR) is 129 cm³/mol. The first-order valence-electron chi connectivity index (χ1n) is 11.2. The van der Waals surface area contributed by atoms with Crippen molar-refractivity contribution in [3.8, 4) is 0 Å². The zero-order chi connectivity index (χ0) is 21.6. The van der Waals surface area contributed by atoms with Gasteiger partial charge in [-0.1, -0.05) is 25.1 Å². The van der Waals surface area contributed by atoms with E-state index in [4.69, 9.17) is 9.40 Å². The Labute approximate surface area is 188 Å². The summed E-state index contributed by atoms with van der Waals surface area (Å²) in [6.07, 6.45) is 3.44. The van der Waals surface area contributed by atoms with E-state index < -0.39 is 0 Å². The third kappa shape index (κ3) is 5.46. The highest BCUT2D eigenvalue weighted by Gasteiger charge is 2.20. The Bertz CT molecular complexity index is 1020. The molecule has 0 amide bonds. The number of hydrogen-bond donors (Lipinski definition) is 2. The standard InChI is InChI=1S/C24H33N5OS/c1-4-23-28-19(16-31-23)15-29-11-9-18(10-12-29)13-26-24(25-3)27-14-22-17(2)20-7-5-6-8-21(20)30-22/h5-8,16,18H,4,9-15H2,1-3H3,(H2,25,26,27). The molecule has 0 saturated carbocycles. The molecule has 4 rings (SSSR count). The number of rotatable bonds is 7. The monoisotopic (exact) mass is 439 g/mol. The minimum absolute atomic E-state index is 0.631. The van der Waals surface area contributed by atoms with Crippen LogP contribution in [0.4, 0.5) is 0 Å². The molecule has 1 aliphatic heterocycles. The maximum Gasteiger partial charge on any atom is 0.191 e. The summed E-state index contributed by atoms with van der Waals surface area (Å²) in [6.45, 7) is 9.11. The van der Waals surface area contributed by atoms with Gasteiger partial charge in [0.15, 0.2) is 5.96 Å². The highest BCUT2D eigenvalue weighted by atomic mass is 32.1. The van der Waals surface area contributed by atoms with Crippen LogP contribution in [0.25, 0.3) is 11.0 Å². The molecule has 166 valence electrons. The molecular weight excluding hydrogens is 406 g/mol. The van der Waals surface area contributed by atoms with Crippen molar-refractivity contribution in [3.05, 3.63) is 51.7 Å². The van der Waals surface area contributed by atoms with Crippen molar-refractivity contribution in [1.82, 2.24) is 20.5 Å². The fourth-order valence-corrected chi connectivity index (χ4v) is 4.92. The topological polar surface area (TPSA) is 65.7 Å². The summed E-state index contributed by atoms with van der Waals surface area (Å²) < 4.78 is 6.00. The summed E-state index contributed by atoms with van der Waals surface area (Å²) in [6, 6.07) is 8.18. The molecule has 0 bridgehead atoms. The number of nitrogens with zero attached hydrogens (tertiary/aromatic N) is 3. The number of hydrogen-bond acceptors (Lipinski definition) is 5. The highest BCUT2D eigenvalue weighted by molar-refractivity contribution is 7.09. The molecule has 0 atom stereocenters. The number of aryl methyl sites for hydroxylation is 2. The first-order chi connectivity index (χ1) is 15.2. The van der Waals surface area contributed by atoms with Gasteiger partial charge in [-0.3, -0.25) is 9.89 Å². The van der Waals surface area contributed by atoms with Gasteiger partial charge in [0.05, 0.1) is 17.2 Å². The first-order valence-corrected chi connectivity index (χ1v) is 12.1. The van der Waals surface area contributed by atoms with Gasteiger partial charge in [0.1, 0.15) is 11.3 Å². The van der Waals surface area contributed by atoms with Gasteiger partial charge in [-0.25, -0.2) is 4.98 Å². The van der Waals surface area contributed by atoms with Crippen molar-refractivity contribution in [1.29, 1.82) is 0 Å². The number of nitrogens with one attached hydrogen (secondary N) is 2. The largest absolute Gasteiger partial charge is 0.459 e. The van der Waals surface area contributed by atoms with Crippen LogP contribution in [0.15, 0.2) is 39.1 Å². The summed E-state index contributed by atoms with van der Waals surface area (Å²) in [5.74, 6) is 2.46. The Balaban J connectivity index is 1.21. The lowest BCUT2D eigenvalue weighted by Gasteiger charge is -2.31. The van der Waals surface area contributed by atoms with Crippen molar-refractivity contribution in [2.24, 2.45) is 10.9 Å². The number of fused-ring (bicyclic) bond motifs is 1. The van der Waals surface area contributed by atoms with Gasteiger partial charge in [-0.15, -0.1) is 11.3 Å². The Morgan fingerprint density at radius 2 is 2.06 bits per heavy atom. The number of para-hydroxylation sites is 1. The number of aromatic nitrogens is 1. The van der Waals surface area contributed by atoms with Crippen LogP contribution in [0.2, 0.25) is 0 Å². The van der Waals surface area contributed by atoms with Crippen molar-refractivity contribution in [2.75, 3.05) is 26.7 Å². The van der Waals surface area contributed by atoms with Crippen LogP contribution in [0.3, 0.4) is 0 Å². The molecular formula is C24H33N5OS. The molecule has 2 aromatic heterocycles. The zero-order valence-corrected chi connectivity index (χ0v) is 19.6. The van der Waals surface area contributed by atoms with Gasteiger partial charge >= 0.3 is 0 Å². The third-order valence-corrected chi connectivity index (χ3v) is 7.18. The number of likely N-dealkylation sites (tertiary alicyclic amines) is 1. The van der Waals surface area contributed by atoms with Crippen molar-refractivity contribution >= 4 is 28.3 Å². The second kappa shape index (κ2) is 10.3. The molecule has 2 N–H and O–H groups in total. The number of piperidine rings is 1. The normalized spacial score (nSPS) is 16.2. The Morgan fingerprint density at radius 3 is 2.77 bits per heavy atom. The van der Waals surface area contributed by atoms with Crippen molar-refractivity contribution in [2.45, 2.75) is 46.2 Å². The smallest absolute Gasteiger partial charge is 0.191 e. The molecule has 0 aliphatic carbocycles. The second-order valence-electron chi connectivity index (χ2n) is 8.26. The van der Waals surface area contributed by atoms with E-state index in [1.54, 1.807) is 11.3 Å². The van der Waals surface area contributed by atoms with E-state index in [-0.39, 0.29) is 0 Å². The van der Waals surface area contributed by atoms with E-state index >= 15 is 0 Å². The second-order valence-corrected chi connectivity index (χ2v) is 9.20. The summed E-state index contributed by atoms with van der Waals surface area (Å²) in [7, 11) is 1.82. The number of guanidine groups is 1. The van der Waals surface area contributed by atoms with Crippen molar-refractivity contribution in [3.63, 3.8) is 0 Å². The van der Waals surface area contributed by atoms with Gasteiger partial charge < -0.3 is 15.1 Å². The van der Waals surface area contributed by atoms with Gasteiger partial charge in [0, 0.05) is 36.5 Å². The molecule has 6 nitrogen and oxygen atoms in total. The minimum atomic E-state index is 0.631. The fourth-order valence-electron chi connectivity index (χ4n) is 4.18. The van der Waals surface area contributed by atoms with E-state index in [9.17, 15) is 0 Å². The molecule has 3 aromatic rings. The number of thiazole rings is 1. The average molecular weight is 440 g/mol. The molecule has 0 radical (unpaired) electrons. The molecule has 31 heavy (non-hydrogen) atoms. The maximum absolute atomic E-state index is 6.00. The first kappa shape index (κ1) is 21.8. The number of furan rings is 1. The number of benzene rings is 1.